The number of ether oxygens (including phenoxy) is 4. The fourth-order valence-electron chi connectivity index (χ4n) is 4.80. The van der Waals surface area contributed by atoms with Gasteiger partial charge in [0.25, 0.3) is 0 Å². The van der Waals surface area contributed by atoms with E-state index in [1.54, 1.807) is 0 Å². The first-order valence-electron chi connectivity index (χ1n) is 13.0. The van der Waals surface area contributed by atoms with Crippen LogP contribution in [-0.2, 0) is 9.47 Å². The van der Waals surface area contributed by atoms with E-state index in [9.17, 15) is 56.2 Å². The second-order valence-electron chi connectivity index (χ2n) is 10.1. The maximum atomic E-state index is 10.6. The van der Waals surface area contributed by atoms with Crippen LogP contribution in [0, 0.1) is 0 Å². The number of hydrogen-bond donors (Lipinski definition) is 11. The first-order valence-corrected chi connectivity index (χ1v) is 13.0. The van der Waals surface area contributed by atoms with Gasteiger partial charge in [-0.1, -0.05) is 0 Å². The lowest BCUT2D eigenvalue weighted by Crippen LogP contribution is -2.60. The van der Waals surface area contributed by atoms with Crippen LogP contribution in [0.4, 0.5) is 0 Å². The van der Waals surface area contributed by atoms with Gasteiger partial charge < -0.3 is 75.1 Å². The van der Waals surface area contributed by atoms with Gasteiger partial charge in [0.05, 0.1) is 24.8 Å². The van der Waals surface area contributed by atoms with Gasteiger partial charge in [-0.2, -0.15) is 0 Å². The minimum Gasteiger partial charge on any atom is -0.507 e. The van der Waals surface area contributed by atoms with Crippen molar-refractivity contribution in [2.24, 2.45) is 0 Å². The van der Waals surface area contributed by atoms with Crippen molar-refractivity contribution in [2.75, 3.05) is 13.2 Å². The standard InChI is InChI=1S/C27H30O16/c28-7-17-19(33)21(35)23(37)26(42-17)40-15-5-10(30)4-14-11(15)6-16(25(39-14)9-1-2-12(31)13(32)3-9)41-27-24(38)22(36)20(34)18(8-29)43-27/h1-6,17-24,26-29,33-38H,7-8H2,(H2-,30,31,32)/p+1/t17-,18-,19+,20+,21+,22+,23-,24-,26-,27-/m1/s1. The molecule has 2 aliphatic heterocycles. The normalized spacial score (nSPS) is 32.9. The fraction of sp³-hybridized carbons (Fsp3) is 0.444. The molecule has 0 spiro atoms. The van der Waals surface area contributed by atoms with Gasteiger partial charge in [0, 0.05) is 18.2 Å². The first-order chi connectivity index (χ1) is 20.4. The average Bonchev–Trinajstić information content (AvgIpc) is 2.98. The van der Waals surface area contributed by atoms with Crippen molar-refractivity contribution >= 4 is 11.0 Å². The maximum absolute atomic E-state index is 10.6. The quantitative estimate of drug-likeness (QED) is 0.100. The molecule has 5 rings (SSSR count). The Labute approximate surface area is 242 Å². The summed E-state index contributed by atoms with van der Waals surface area (Å²) in [4.78, 5) is 0. The zero-order valence-electron chi connectivity index (χ0n) is 22.1. The van der Waals surface area contributed by atoms with Crippen LogP contribution in [0.25, 0.3) is 22.3 Å². The van der Waals surface area contributed by atoms with Gasteiger partial charge in [-0.15, -0.1) is 0 Å². The van der Waals surface area contributed by atoms with Gasteiger partial charge in [0.2, 0.25) is 18.3 Å². The molecular formula is C27H31O16+. The molecule has 0 bridgehead atoms. The molecule has 2 aliphatic rings. The van der Waals surface area contributed by atoms with Crippen molar-refractivity contribution in [3.8, 4) is 40.1 Å². The molecule has 0 saturated carbocycles. The first kappa shape index (κ1) is 30.9. The molecule has 2 saturated heterocycles. The second kappa shape index (κ2) is 12.2. The zero-order valence-corrected chi connectivity index (χ0v) is 22.1. The van der Waals surface area contributed by atoms with Gasteiger partial charge in [0.15, 0.2) is 11.5 Å². The van der Waals surface area contributed by atoms with Crippen molar-refractivity contribution in [2.45, 2.75) is 61.4 Å². The molecule has 3 heterocycles. The molecule has 3 aromatic rings. The van der Waals surface area contributed by atoms with E-state index in [1.807, 2.05) is 0 Å². The summed E-state index contributed by atoms with van der Waals surface area (Å²) in [6.45, 7) is -1.46. The summed E-state index contributed by atoms with van der Waals surface area (Å²) in [5.41, 5.74) is 0.0554. The fourth-order valence-corrected chi connectivity index (χ4v) is 4.80. The van der Waals surface area contributed by atoms with E-state index in [1.165, 1.54) is 18.2 Å². The number of aliphatic hydroxyl groups is 8. The summed E-state index contributed by atoms with van der Waals surface area (Å²) in [7, 11) is 0. The van der Waals surface area contributed by atoms with E-state index in [0.29, 0.717) is 0 Å². The molecule has 11 N–H and O–H groups in total. The molecule has 234 valence electrons. The van der Waals surface area contributed by atoms with E-state index >= 15 is 0 Å². The minimum absolute atomic E-state index is 0.0427. The van der Waals surface area contributed by atoms with Gasteiger partial charge in [-0.25, -0.2) is 4.42 Å². The van der Waals surface area contributed by atoms with Crippen molar-refractivity contribution in [1.29, 1.82) is 0 Å². The van der Waals surface area contributed by atoms with E-state index < -0.39 is 91.9 Å². The number of aliphatic hydroxyl groups excluding tert-OH is 8. The summed E-state index contributed by atoms with van der Waals surface area (Å²) in [6, 6.07) is 7.17. The minimum atomic E-state index is -1.82. The highest BCUT2D eigenvalue weighted by atomic mass is 16.7. The summed E-state index contributed by atoms with van der Waals surface area (Å²) in [6.07, 6.45) is -16.4. The largest absolute Gasteiger partial charge is 0.507 e. The zero-order chi connectivity index (χ0) is 31.2. The highest BCUT2D eigenvalue weighted by Gasteiger charge is 2.47. The Morgan fingerprint density at radius 2 is 1.19 bits per heavy atom. The van der Waals surface area contributed by atoms with Gasteiger partial charge in [-0.05, 0) is 12.1 Å². The third kappa shape index (κ3) is 5.85. The van der Waals surface area contributed by atoms with E-state index in [0.717, 1.165) is 18.2 Å². The van der Waals surface area contributed by atoms with Crippen molar-refractivity contribution < 1.29 is 79.5 Å². The predicted molar refractivity (Wildman–Crippen MR) is 140 cm³/mol. The molecule has 16 heteroatoms. The molecular weight excluding hydrogens is 580 g/mol. The van der Waals surface area contributed by atoms with Crippen molar-refractivity contribution in [1.82, 2.24) is 0 Å². The van der Waals surface area contributed by atoms with E-state index in [4.69, 9.17) is 23.4 Å². The van der Waals surface area contributed by atoms with Crippen LogP contribution in [0.5, 0.6) is 28.7 Å². The Morgan fingerprint density at radius 3 is 1.72 bits per heavy atom. The lowest BCUT2D eigenvalue weighted by molar-refractivity contribution is -0.277. The summed E-state index contributed by atoms with van der Waals surface area (Å²) in [5.74, 6) is -1.96. The molecule has 16 nitrogen and oxygen atoms in total. The molecule has 0 radical (unpaired) electrons. The molecule has 0 unspecified atom stereocenters. The highest BCUT2D eigenvalue weighted by Crippen LogP contribution is 2.43. The third-order valence-electron chi connectivity index (χ3n) is 7.22. The second-order valence-corrected chi connectivity index (χ2v) is 10.1. The van der Waals surface area contributed by atoms with Crippen LogP contribution in [0.3, 0.4) is 0 Å². The Bertz CT molecular complexity index is 1450. The number of phenols is 3. The molecule has 2 fully saturated rings. The number of benzene rings is 2. The summed E-state index contributed by atoms with van der Waals surface area (Å²) in [5, 5.41) is 111. The number of hydrogen-bond acceptors (Lipinski definition) is 15. The SMILES string of the molecule is OC[C@H]1O[C@@H](Oc2cc3c(O[C@@H]4O[C@H](CO)[C@H](O)[C@H](O)[C@H]4O)cc(O)cc3[o+]c2-c2ccc(O)c(O)c2)[C@H](O)[C@@H](O)[C@H]1O. The Kier molecular flexibility index (Phi) is 8.77. The molecule has 1 aromatic heterocycles. The van der Waals surface area contributed by atoms with Crippen LogP contribution >= 0.6 is 0 Å². The molecule has 0 aliphatic carbocycles. The van der Waals surface area contributed by atoms with E-state index in [-0.39, 0.29) is 33.8 Å². The van der Waals surface area contributed by atoms with Crippen LogP contribution in [0.1, 0.15) is 0 Å². The Hall–Kier alpha value is -3.55. The number of aromatic hydroxyl groups is 3. The van der Waals surface area contributed by atoms with Gasteiger partial charge in [0.1, 0.15) is 65.7 Å². The molecule has 10 atom stereocenters. The van der Waals surface area contributed by atoms with Crippen LogP contribution < -0.4 is 9.47 Å². The smallest absolute Gasteiger partial charge is 0.402 e. The Morgan fingerprint density at radius 1 is 0.628 bits per heavy atom. The third-order valence-corrected chi connectivity index (χ3v) is 7.22. The number of phenolic OH excluding ortho intramolecular Hbond substituents is 3. The average molecular weight is 612 g/mol. The van der Waals surface area contributed by atoms with E-state index in [2.05, 4.69) is 0 Å². The molecule has 0 amide bonds. The van der Waals surface area contributed by atoms with Crippen LogP contribution in [0.15, 0.2) is 40.8 Å². The molecule has 43 heavy (non-hydrogen) atoms. The topological polar surface area (TPSA) is 271 Å². The number of fused-ring (bicyclic) bond motifs is 1. The summed E-state index contributed by atoms with van der Waals surface area (Å²) >= 11 is 0. The van der Waals surface area contributed by atoms with Crippen LogP contribution in [0.2, 0.25) is 0 Å². The maximum Gasteiger partial charge on any atom is 0.402 e. The predicted octanol–water partition coefficient (Wildman–Crippen LogP) is -2.14. The lowest BCUT2D eigenvalue weighted by atomic mass is 9.99. The highest BCUT2D eigenvalue weighted by molar-refractivity contribution is 5.89. The number of rotatable bonds is 7. The Balaban J connectivity index is 1.61. The lowest BCUT2D eigenvalue weighted by Gasteiger charge is -2.39. The molecule has 2 aromatic carbocycles. The monoisotopic (exact) mass is 611 g/mol. The van der Waals surface area contributed by atoms with Crippen molar-refractivity contribution in [3.05, 3.63) is 36.4 Å². The van der Waals surface area contributed by atoms with Crippen molar-refractivity contribution in [3.63, 3.8) is 0 Å². The van der Waals surface area contributed by atoms with Crippen LogP contribution in [-0.4, -0.2) is 131 Å². The van der Waals surface area contributed by atoms with Gasteiger partial charge >= 0.3 is 11.3 Å². The summed E-state index contributed by atoms with van der Waals surface area (Å²) < 4.78 is 28.4. The van der Waals surface area contributed by atoms with Gasteiger partial charge in [-0.3, -0.25) is 0 Å².